The lowest BCUT2D eigenvalue weighted by Crippen LogP contribution is -2.01. The quantitative estimate of drug-likeness (QED) is 0.658. The summed E-state index contributed by atoms with van der Waals surface area (Å²) in [6.45, 7) is 1.90. The molecule has 0 aliphatic carbocycles. The van der Waals surface area contributed by atoms with Crippen molar-refractivity contribution in [3.8, 4) is 6.07 Å². The van der Waals surface area contributed by atoms with Gasteiger partial charge in [0.25, 0.3) is 0 Å². The van der Waals surface area contributed by atoms with Gasteiger partial charge in [0.1, 0.15) is 6.07 Å². The monoisotopic (exact) mass is 236 g/mol. The smallest absolute Gasteiger partial charge is 0.164 e. The van der Waals surface area contributed by atoms with E-state index in [9.17, 15) is 0 Å². The van der Waals surface area contributed by atoms with Gasteiger partial charge in [0.15, 0.2) is 5.82 Å². The molecule has 0 aliphatic heterocycles. The number of nitriles is 1. The molecular formula is C14H12N4. The summed E-state index contributed by atoms with van der Waals surface area (Å²) in [6.07, 6.45) is 1.62. The van der Waals surface area contributed by atoms with Crippen molar-refractivity contribution in [3.63, 3.8) is 0 Å². The summed E-state index contributed by atoms with van der Waals surface area (Å²) in [4.78, 5) is 4.07. The van der Waals surface area contributed by atoms with E-state index in [-0.39, 0.29) is 0 Å². The Morgan fingerprint density at radius 1 is 1.22 bits per heavy atom. The fourth-order valence-corrected chi connectivity index (χ4v) is 1.47. The molecule has 1 aromatic carbocycles. The average Bonchev–Trinajstić information content (AvgIpc) is 2.46. The summed E-state index contributed by atoms with van der Waals surface area (Å²) in [7, 11) is 0. The molecule has 2 rings (SSSR count). The second-order valence-electron chi connectivity index (χ2n) is 3.69. The zero-order chi connectivity index (χ0) is 12.8. The van der Waals surface area contributed by atoms with Crippen LogP contribution in [0.5, 0.6) is 0 Å². The van der Waals surface area contributed by atoms with Crippen molar-refractivity contribution in [2.75, 3.05) is 5.43 Å². The highest BCUT2D eigenvalue weighted by Crippen LogP contribution is 2.10. The lowest BCUT2D eigenvalue weighted by atomic mass is 10.1. The second kappa shape index (κ2) is 5.60. The third-order valence-corrected chi connectivity index (χ3v) is 2.45. The lowest BCUT2D eigenvalue weighted by Gasteiger charge is -2.03. The summed E-state index contributed by atoms with van der Waals surface area (Å²) < 4.78 is 0. The number of hydrogen-bond donors (Lipinski definition) is 1. The number of nitrogens with one attached hydrogen (secondary N) is 1. The minimum atomic E-state index is 0.468. The molecule has 4 nitrogen and oxygen atoms in total. The predicted molar refractivity (Wildman–Crippen MR) is 71.2 cm³/mol. The van der Waals surface area contributed by atoms with Crippen molar-refractivity contribution < 1.29 is 0 Å². The van der Waals surface area contributed by atoms with Gasteiger partial charge in [-0.05, 0) is 24.6 Å². The fourth-order valence-electron chi connectivity index (χ4n) is 1.47. The highest BCUT2D eigenvalue weighted by Gasteiger charge is 2.01. The number of anilines is 1. The van der Waals surface area contributed by atoms with E-state index in [1.165, 1.54) is 0 Å². The van der Waals surface area contributed by atoms with Gasteiger partial charge in [-0.15, -0.1) is 0 Å². The second-order valence-corrected chi connectivity index (χ2v) is 3.69. The molecule has 0 amide bonds. The van der Waals surface area contributed by atoms with Crippen molar-refractivity contribution in [2.24, 2.45) is 5.10 Å². The number of pyridine rings is 1. The molecular weight excluding hydrogens is 224 g/mol. The first-order valence-corrected chi connectivity index (χ1v) is 5.52. The van der Waals surface area contributed by atoms with Crippen LogP contribution >= 0.6 is 0 Å². The van der Waals surface area contributed by atoms with Gasteiger partial charge in [-0.2, -0.15) is 10.4 Å². The molecule has 0 aliphatic rings. The van der Waals surface area contributed by atoms with Crippen LogP contribution in [0.25, 0.3) is 0 Å². The molecule has 0 bridgehead atoms. The van der Waals surface area contributed by atoms with E-state index in [0.717, 1.165) is 11.3 Å². The molecule has 0 saturated heterocycles. The molecule has 0 spiro atoms. The van der Waals surface area contributed by atoms with Crippen LogP contribution in [0.1, 0.15) is 18.1 Å². The molecule has 1 aromatic heterocycles. The third-order valence-electron chi connectivity index (χ3n) is 2.45. The van der Waals surface area contributed by atoms with Crippen LogP contribution in [0.2, 0.25) is 0 Å². The molecule has 2 aromatic rings. The van der Waals surface area contributed by atoms with Gasteiger partial charge in [0, 0.05) is 6.20 Å². The zero-order valence-electron chi connectivity index (χ0n) is 9.96. The zero-order valence-corrected chi connectivity index (χ0v) is 9.96. The number of hydrogen-bond acceptors (Lipinski definition) is 4. The van der Waals surface area contributed by atoms with Crippen LogP contribution in [0.4, 0.5) is 5.82 Å². The van der Waals surface area contributed by atoms with Gasteiger partial charge < -0.3 is 0 Å². The average molecular weight is 236 g/mol. The maximum absolute atomic E-state index is 8.92. The molecule has 88 valence electrons. The van der Waals surface area contributed by atoms with Crippen LogP contribution in [-0.4, -0.2) is 10.7 Å². The van der Waals surface area contributed by atoms with E-state index in [4.69, 9.17) is 5.26 Å². The third kappa shape index (κ3) is 2.71. The van der Waals surface area contributed by atoms with Crippen molar-refractivity contribution in [2.45, 2.75) is 6.92 Å². The maximum Gasteiger partial charge on any atom is 0.164 e. The molecule has 0 fully saturated rings. The number of rotatable bonds is 3. The van der Waals surface area contributed by atoms with E-state index >= 15 is 0 Å². The number of aromatic nitrogens is 1. The Bertz CT molecular complexity index is 597. The first-order chi connectivity index (χ1) is 8.81. The largest absolute Gasteiger partial charge is 0.260 e. The van der Waals surface area contributed by atoms with E-state index in [0.29, 0.717) is 11.4 Å². The van der Waals surface area contributed by atoms with Crippen LogP contribution < -0.4 is 5.43 Å². The normalized spacial score (nSPS) is 10.8. The van der Waals surface area contributed by atoms with Crippen LogP contribution in [0.15, 0.2) is 53.8 Å². The number of hydrazone groups is 1. The molecule has 4 heteroatoms. The maximum atomic E-state index is 8.92. The summed E-state index contributed by atoms with van der Waals surface area (Å²) in [6, 6.07) is 15.3. The Kier molecular flexibility index (Phi) is 3.67. The number of benzene rings is 1. The van der Waals surface area contributed by atoms with Crippen molar-refractivity contribution in [3.05, 3.63) is 59.8 Å². The first kappa shape index (κ1) is 11.8. The highest BCUT2D eigenvalue weighted by molar-refractivity contribution is 5.99. The summed E-state index contributed by atoms with van der Waals surface area (Å²) in [5, 5.41) is 13.1. The SMILES string of the molecule is C/C(=N\Nc1ncccc1C#N)c1ccccc1. The molecule has 18 heavy (non-hydrogen) atoms. The standard InChI is InChI=1S/C14H12N4/c1-11(12-6-3-2-4-7-12)17-18-14-13(10-15)8-5-9-16-14/h2-9H,1H3,(H,16,18)/b17-11+. The molecule has 0 atom stereocenters. The molecule has 1 heterocycles. The van der Waals surface area contributed by atoms with Crippen molar-refractivity contribution in [1.29, 1.82) is 5.26 Å². The Hall–Kier alpha value is -2.67. The summed E-state index contributed by atoms with van der Waals surface area (Å²) in [5.74, 6) is 0.468. The predicted octanol–water partition coefficient (Wildman–Crippen LogP) is 2.79. The van der Waals surface area contributed by atoms with Crippen molar-refractivity contribution in [1.82, 2.24) is 4.98 Å². The van der Waals surface area contributed by atoms with Gasteiger partial charge in [-0.25, -0.2) is 4.98 Å². The molecule has 0 unspecified atom stereocenters. The Labute approximate surface area is 106 Å². The fraction of sp³-hybridized carbons (Fsp3) is 0.0714. The lowest BCUT2D eigenvalue weighted by molar-refractivity contribution is 1.20. The van der Waals surface area contributed by atoms with E-state index in [2.05, 4.69) is 21.6 Å². The van der Waals surface area contributed by atoms with Gasteiger partial charge in [-0.3, -0.25) is 5.43 Å². The van der Waals surface area contributed by atoms with Gasteiger partial charge in [-0.1, -0.05) is 30.3 Å². The van der Waals surface area contributed by atoms with Crippen molar-refractivity contribution >= 4 is 11.5 Å². The minimum Gasteiger partial charge on any atom is -0.260 e. The summed E-state index contributed by atoms with van der Waals surface area (Å²) >= 11 is 0. The van der Waals surface area contributed by atoms with Gasteiger partial charge in [0.2, 0.25) is 0 Å². The topological polar surface area (TPSA) is 61.1 Å². The van der Waals surface area contributed by atoms with Crippen LogP contribution in [0, 0.1) is 11.3 Å². The minimum absolute atomic E-state index is 0.468. The molecule has 1 N–H and O–H groups in total. The van der Waals surface area contributed by atoms with E-state index in [1.54, 1.807) is 18.3 Å². The first-order valence-electron chi connectivity index (χ1n) is 5.52. The van der Waals surface area contributed by atoms with Crippen LogP contribution in [0.3, 0.4) is 0 Å². The molecule has 0 saturated carbocycles. The van der Waals surface area contributed by atoms with Gasteiger partial charge >= 0.3 is 0 Å². The number of nitrogens with zero attached hydrogens (tertiary/aromatic N) is 3. The van der Waals surface area contributed by atoms with E-state index in [1.807, 2.05) is 37.3 Å². The van der Waals surface area contributed by atoms with E-state index < -0.39 is 0 Å². The Morgan fingerprint density at radius 2 is 2.00 bits per heavy atom. The Balaban J connectivity index is 2.19. The molecule has 0 radical (unpaired) electrons. The summed E-state index contributed by atoms with van der Waals surface area (Å²) in [5.41, 5.74) is 5.16. The van der Waals surface area contributed by atoms with Crippen LogP contribution in [-0.2, 0) is 0 Å². The van der Waals surface area contributed by atoms with Gasteiger partial charge in [0.05, 0.1) is 11.3 Å². The highest BCUT2D eigenvalue weighted by atomic mass is 15.3. The Morgan fingerprint density at radius 3 is 2.72 bits per heavy atom.